The van der Waals surface area contributed by atoms with Gasteiger partial charge < -0.3 is 9.88 Å². The second-order valence-corrected chi connectivity index (χ2v) is 7.62. The molecule has 1 unspecified atom stereocenters. The van der Waals surface area contributed by atoms with Crippen molar-refractivity contribution in [1.29, 1.82) is 0 Å². The maximum Gasteiger partial charge on any atom is 0.252 e. The SMILES string of the molecule is CC(C)CN1CCN(Cc2cc3ccc(Cl)cc3[nH]c2=O)C(C)C1=O. The summed E-state index contributed by atoms with van der Waals surface area (Å²) in [6, 6.07) is 7.13. The number of carbonyl (C=O) groups excluding carboxylic acids is 1. The topological polar surface area (TPSA) is 56.4 Å². The van der Waals surface area contributed by atoms with Crippen LogP contribution in [0.25, 0.3) is 10.9 Å². The third-order valence-electron chi connectivity index (χ3n) is 4.72. The highest BCUT2D eigenvalue weighted by Gasteiger charge is 2.31. The van der Waals surface area contributed by atoms with Crippen LogP contribution >= 0.6 is 11.6 Å². The monoisotopic (exact) mass is 361 g/mol. The first-order valence-electron chi connectivity index (χ1n) is 8.69. The Hall–Kier alpha value is -1.85. The van der Waals surface area contributed by atoms with Crippen LogP contribution in [0.4, 0.5) is 0 Å². The molecule has 5 nitrogen and oxygen atoms in total. The van der Waals surface area contributed by atoms with Crippen LogP contribution < -0.4 is 5.56 Å². The van der Waals surface area contributed by atoms with Gasteiger partial charge in [0.15, 0.2) is 0 Å². The van der Waals surface area contributed by atoms with Gasteiger partial charge in [-0.1, -0.05) is 31.5 Å². The molecule has 0 bridgehead atoms. The number of carbonyl (C=O) groups is 1. The number of aromatic amines is 1. The average Bonchev–Trinajstić information content (AvgIpc) is 2.55. The zero-order chi connectivity index (χ0) is 18.1. The molecule has 0 aliphatic carbocycles. The molecule has 1 saturated heterocycles. The van der Waals surface area contributed by atoms with Gasteiger partial charge in [0.1, 0.15) is 0 Å². The number of fused-ring (bicyclic) bond motifs is 1. The van der Waals surface area contributed by atoms with Crippen molar-refractivity contribution in [2.24, 2.45) is 5.92 Å². The van der Waals surface area contributed by atoms with Gasteiger partial charge in [-0.05, 0) is 36.4 Å². The second-order valence-electron chi connectivity index (χ2n) is 7.18. The van der Waals surface area contributed by atoms with Gasteiger partial charge in [-0.2, -0.15) is 0 Å². The van der Waals surface area contributed by atoms with Crippen molar-refractivity contribution in [3.8, 4) is 0 Å². The number of nitrogens with zero attached hydrogens (tertiary/aromatic N) is 2. The van der Waals surface area contributed by atoms with Crippen molar-refractivity contribution in [3.63, 3.8) is 0 Å². The smallest absolute Gasteiger partial charge is 0.252 e. The number of H-pyrrole nitrogens is 1. The molecular formula is C19H24ClN3O2. The first kappa shape index (κ1) is 18.0. The Bertz CT molecular complexity index is 846. The molecule has 1 N–H and O–H groups in total. The molecule has 1 fully saturated rings. The first-order valence-corrected chi connectivity index (χ1v) is 9.07. The van der Waals surface area contributed by atoms with Crippen LogP contribution in [0.3, 0.4) is 0 Å². The van der Waals surface area contributed by atoms with Gasteiger partial charge in [-0.25, -0.2) is 0 Å². The lowest BCUT2D eigenvalue weighted by atomic mass is 10.1. The van der Waals surface area contributed by atoms with Crippen molar-refractivity contribution in [1.82, 2.24) is 14.8 Å². The summed E-state index contributed by atoms with van der Waals surface area (Å²) >= 11 is 5.98. The molecule has 1 aliphatic heterocycles. The number of benzene rings is 1. The predicted molar refractivity (Wildman–Crippen MR) is 101 cm³/mol. The van der Waals surface area contributed by atoms with Crippen LogP contribution in [0, 0.1) is 5.92 Å². The van der Waals surface area contributed by atoms with E-state index in [2.05, 4.69) is 23.7 Å². The minimum atomic E-state index is -0.215. The summed E-state index contributed by atoms with van der Waals surface area (Å²) in [6.07, 6.45) is 0. The van der Waals surface area contributed by atoms with Crippen molar-refractivity contribution < 1.29 is 4.79 Å². The number of rotatable bonds is 4. The van der Waals surface area contributed by atoms with Crippen molar-refractivity contribution in [3.05, 3.63) is 45.2 Å². The van der Waals surface area contributed by atoms with Gasteiger partial charge in [0.25, 0.3) is 5.56 Å². The Balaban J connectivity index is 1.80. The van der Waals surface area contributed by atoms with Crippen LogP contribution in [0.15, 0.2) is 29.1 Å². The molecule has 6 heteroatoms. The zero-order valence-electron chi connectivity index (χ0n) is 14.9. The molecule has 0 saturated carbocycles. The lowest BCUT2D eigenvalue weighted by Gasteiger charge is -2.39. The average molecular weight is 362 g/mol. The molecular weight excluding hydrogens is 338 g/mol. The van der Waals surface area contributed by atoms with E-state index < -0.39 is 0 Å². The molecule has 0 spiro atoms. The highest BCUT2D eigenvalue weighted by Crippen LogP contribution is 2.19. The maximum atomic E-state index is 12.6. The van der Waals surface area contributed by atoms with Gasteiger partial charge in [-0.15, -0.1) is 0 Å². The van der Waals surface area contributed by atoms with E-state index in [0.717, 1.165) is 24.0 Å². The van der Waals surface area contributed by atoms with E-state index in [1.54, 1.807) is 6.07 Å². The molecule has 134 valence electrons. The summed E-state index contributed by atoms with van der Waals surface area (Å²) in [5.41, 5.74) is 1.28. The Morgan fingerprint density at radius 2 is 2.00 bits per heavy atom. The number of hydrogen-bond donors (Lipinski definition) is 1. The fourth-order valence-electron chi connectivity index (χ4n) is 3.37. The normalized spacial score (nSPS) is 19.2. The maximum absolute atomic E-state index is 12.6. The molecule has 1 atom stereocenters. The Kier molecular flexibility index (Phi) is 5.16. The quantitative estimate of drug-likeness (QED) is 0.911. The minimum Gasteiger partial charge on any atom is -0.340 e. The molecule has 2 heterocycles. The fourth-order valence-corrected chi connectivity index (χ4v) is 3.54. The molecule has 1 amide bonds. The van der Waals surface area contributed by atoms with Crippen LogP contribution in [-0.2, 0) is 11.3 Å². The lowest BCUT2D eigenvalue weighted by molar-refractivity contribution is -0.141. The largest absolute Gasteiger partial charge is 0.340 e. The fraction of sp³-hybridized carbons (Fsp3) is 0.474. The highest BCUT2D eigenvalue weighted by molar-refractivity contribution is 6.31. The molecule has 2 aromatic rings. The van der Waals surface area contributed by atoms with E-state index in [1.807, 2.05) is 30.0 Å². The van der Waals surface area contributed by atoms with E-state index in [1.165, 1.54) is 0 Å². The van der Waals surface area contributed by atoms with Gasteiger partial charge in [-0.3, -0.25) is 14.5 Å². The molecule has 1 aromatic carbocycles. The standard InChI is InChI=1S/C19H24ClN3O2/c1-12(2)10-23-7-6-22(13(3)19(23)25)11-15-8-14-4-5-16(20)9-17(14)21-18(15)24/h4-5,8-9,12-13H,6-7,10-11H2,1-3H3,(H,21,24). The summed E-state index contributed by atoms with van der Waals surface area (Å²) < 4.78 is 0. The summed E-state index contributed by atoms with van der Waals surface area (Å²) in [7, 11) is 0. The van der Waals surface area contributed by atoms with Crippen molar-refractivity contribution >= 4 is 28.4 Å². The Labute approximate surface area is 152 Å². The number of pyridine rings is 1. The molecule has 3 rings (SSSR count). The predicted octanol–water partition coefficient (Wildman–Crippen LogP) is 2.87. The number of hydrogen-bond acceptors (Lipinski definition) is 3. The van der Waals surface area contributed by atoms with E-state index >= 15 is 0 Å². The third kappa shape index (κ3) is 3.88. The van der Waals surface area contributed by atoms with E-state index in [0.29, 0.717) is 29.6 Å². The number of piperazine rings is 1. The van der Waals surface area contributed by atoms with Crippen LogP contribution in [0.5, 0.6) is 0 Å². The van der Waals surface area contributed by atoms with Crippen molar-refractivity contribution in [2.45, 2.75) is 33.4 Å². The zero-order valence-corrected chi connectivity index (χ0v) is 15.6. The van der Waals surface area contributed by atoms with E-state index in [4.69, 9.17) is 11.6 Å². The summed E-state index contributed by atoms with van der Waals surface area (Å²) in [4.78, 5) is 31.9. The molecule has 25 heavy (non-hydrogen) atoms. The third-order valence-corrected chi connectivity index (χ3v) is 4.95. The highest BCUT2D eigenvalue weighted by atomic mass is 35.5. The number of amides is 1. The second kappa shape index (κ2) is 7.18. The van der Waals surface area contributed by atoms with Gasteiger partial charge in [0, 0.05) is 42.3 Å². The molecule has 0 radical (unpaired) electrons. The molecule has 1 aliphatic rings. The summed E-state index contributed by atoms with van der Waals surface area (Å²) in [5, 5.41) is 1.54. The Morgan fingerprint density at radius 1 is 1.24 bits per heavy atom. The van der Waals surface area contributed by atoms with E-state index in [-0.39, 0.29) is 17.5 Å². The van der Waals surface area contributed by atoms with Crippen LogP contribution in [0.2, 0.25) is 5.02 Å². The van der Waals surface area contributed by atoms with Gasteiger partial charge in [0.2, 0.25) is 5.91 Å². The molecule has 1 aromatic heterocycles. The van der Waals surface area contributed by atoms with Crippen LogP contribution in [0.1, 0.15) is 26.3 Å². The number of nitrogens with one attached hydrogen (secondary N) is 1. The number of aromatic nitrogens is 1. The summed E-state index contributed by atoms with van der Waals surface area (Å²) in [6.45, 7) is 8.89. The van der Waals surface area contributed by atoms with E-state index in [9.17, 15) is 9.59 Å². The lowest BCUT2D eigenvalue weighted by Crippen LogP contribution is -2.56. The number of halogens is 1. The first-order chi connectivity index (χ1) is 11.8. The van der Waals surface area contributed by atoms with Gasteiger partial charge >= 0.3 is 0 Å². The Morgan fingerprint density at radius 3 is 2.72 bits per heavy atom. The van der Waals surface area contributed by atoms with Crippen LogP contribution in [-0.4, -0.2) is 46.4 Å². The minimum absolute atomic E-state index is 0.126. The van der Waals surface area contributed by atoms with Gasteiger partial charge in [0.05, 0.1) is 6.04 Å². The van der Waals surface area contributed by atoms with Crippen molar-refractivity contribution in [2.75, 3.05) is 19.6 Å². The summed E-state index contributed by atoms with van der Waals surface area (Å²) in [5.74, 6) is 0.599.